The summed E-state index contributed by atoms with van der Waals surface area (Å²) in [6.07, 6.45) is 8.50. The van der Waals surface area contributed by atoms with Crippen molar-refractivity contribution in [1.29, 1.82) is 0 Å². The zero-order valence-electron chi connectivity index (χ0n) is 11.9. The molecule has 1 N–H and O–H groups in total. The maximum Gasteiger partial charge on any atom is 0.247 e. The Morgan fingerprint density at radius 1 is 1.24 bits per heavy atom. The van der Waals surface area contributed by atoms with E-state index in [9.17, 15) is 4.79 Å². The third kappa shape index (κ3) is 3.21. The maximum absolute atomic E-state index is 12.5. The van der Waals surface area contributed by atoms with Gasteiger partial charge in [-0.1, -0.05) is 30.3 Å². The fraction of sp³-hybridized carbons (Fsp3) is 0.294. The normalized spacial score (nSPS) is 19.0. The van der Waals surface area contributed by atoms with Gasteiger partial charge in [-0.2, -0.15) is 5.10 Å². The molecule has 0 spiro atoms. The number of aromatic amines is 1. The van der Waals surface area contributed by atoms with Crippen molar-refractivity contribution < 1.29 is 4.79 Å². The minimum absolute atomic E-state index is 0.0677. The number of nitrogens with one attached hydrogen (secondary N) is 1. The monoisotopic (exact) mass is 281 g/mol. The molecule has 2 heterocycles. The highest BCUT2D eigenvalue weighted by Gasteiger charge is 2.27. The zero-order valence-corrected chi connectivity index (χ0v) is 11.9. The molecule has 1 atom stereocenters. The Bertz CT molecular complexity index is 604. The summed E-state index contributed by atoms with van der Waals surface area (Å²) in [5.41, 5.74) is 2.07. The second kappa shape index (κ2) is 6.39. The van der Waals surface area contributed by atoms with Gasteiger partial charge in [-0.3, -0.25) is 9.89 Å². The molecule has 108 valence electrons. The molecular formula is C17H19N3O. The fourth-order valence-corrected chi connectivity index (χ4v) is 2.80. The number of hydrogen-bond donors (Lipinski definition) is 1. The highest BCUT2D eigenvalue weighted by Crippen LogP contribution is 2.29. The molecule has 0 saturated carbocycles. The molecule has 21 heavy (non-hydrogen) atoms. The second-order valence-corrected chi connectivity index (χ2v) is 5.30. The molecule has 1 saturated heterocycles. The summed E-state index contributed by atoms with van der Waals surface area (Å²) in [7, 11) is 0. The molecule has 2 aromatic rings. The van der Waals surface area contributed by atoms with Gasteiger partial charge < -0.3 is 4.90 Å². The lowest BCUT2D eigenvalue weighted by atomic mass is 9.99. The summed E-state index contributed by atoms with van der Waals surface area (Å²) in [6, 6.07) is 12.0. The third-order valence-corrected chi connectivity index (χ3v) is 3.89. The fourth-order valence-electron chi connectivity index (χ4n) is 2.80. The van der Waals surface area contributed by atoms with Crippen LogP contribution in [0.4, 0.5) is 0 Å². The van der Waals surface area contributed by atoms with E-state index in [2.05, 4.69) is 10.2 Å². The lowest BCUT2D eigenvalue weighted by Gasteiger charge is -2.34. The molecule has 1 unspecified atom stereocenters. The van der Waals surface area contributed by atoms with Crippen molar-refractivity contribution >= 4 is 12.0 Å². The molecule has 1 aliphatic heterocycles. The van der Waals surface area contributed by atoms with Crippen LogP contribution in [0.3, 0.4) is 0 Å². The van der Waals surface area contributed by atoms with Gasteiger partial charge in [0.1, 0.15) is 0 Å². The van der Waals surface area contributed by atoms with Gasteiger partial charge in [-0.25, -0.2) is 0 Å². The smallest absolute Gasteiger partial charge is 0.247 e. The lowest BCUT2D eigenvalue weighted by molar-refractivity contribution is -0.129. The Balaban J connectivity index is 1.74. The number of amides is 1. The van der Waals surface area contributed by atoms with Crippen LogP contribution in [0, 0.1) is 0 Å². The number of benzene rings is 1. The molecule has 1 fully saturated rings. The van der Waals surface area contributed by atoms with Crippen molar-refractivity contribution in [2.75, 3.05) is 6.54 Å². The first-order valence-electron chi connectivity index (χ1n) is 7.37. The maximum atomic E-state index is 12.5. The van der Waals surface area contributed by atoms with Gasteiger partial charge in [0.2, 0.25) is 5.91 Å². The molecule has 0 radical (unpaired) electrons. The molecule has 1 amide bonds. The summed E-state index contributed by atoms with van der Waals surface area (Å²) >= 11 is 0. The molecule has 3 rings (SSSR count). The van der Waals surface area contributed by atoms with Crippen molar-refractivity contribution in [1.82, 2.24) is 15.1 Å². The number of carbonyl (C=O) groups excluding carboxylic acids is 1. The lowest BCUT2D eigenvalue weighted by Crippen LogP contribution is -2.37. The van der Waals surface area contributed by atoms with Crippen LogP contribution in [0.2, 0.25) is 0 Å². The van der Waals surface area contributed by atoms with E-state index in [0.717, 1.165) is 37.1 Å². The number of nitrogens with zero attached hydrogens (tertiary/aromatic N) is 2. The number of H-pyrrole nitrogens is 1. The summed E-state index contributed by atoms with van der Waals surface area (Å²) in [4.78, 5) is 14.4. The third-order valence-electron chi connectivity index (χ3n) is 3.89. The predicted octanol–water partition coefficient (Wildman–Crippen LogP) is 3.18. The zero-order chi connectivity index (χ0) is 14.5. The van der Waals surface area contributed by atoms with Crippen molar-refractivity contribution in [2.45, 2.75) is 25.3 Å². The topological polar surface area (TPSA) is 49.0 Å². The van der Waals surface area contributed by atoms with Gasteiger partial charge in [0.15, 0.2) is 0 Å². The number of carbonyl (C=O) groups is 1. The standard InChI is InChI=1S/C17H19N3O/c21-17(10-9-14-6-2-1-3-7-14)20-13-5-4-8-16(20)15-11-12-18-19-15/h1-3,6-7,9-12,16H,4-5,8,13H2,(H,18,19)/b10-9+. The Hall–Kier alpha value is -2.36. The van der Waals surface area contributed by atoms with Crippen LogP contribution < -0.4 is 0 Å². The van der Waals surface area contributed by atoms with E-state index in [4.69, 9.17) is 0 Å². The van der Waals surface area contributed by atoms with Crippen molar-refractivity contribution in [3.63, 3.8) is 0 Å². The van der Waals surface area contributed by atoms with E-state index >= 15 is 0 Å². The minimum Gasteiger partial charge on any atom is -0.331 e. The van der Waals surface area contributed by atoms with Crippen molar-refractivity contribution in [3.05, 3.63) is 59.9 Å². The number of aromatic nitrogens is 2. The average Bonchev–Trinajstić information content (AvgIpc) is 3.08. The SMILES string of the molecule is O=C(/C=C/c1ccccc1)N1CCCCC1c1ccn[nH]1. The number of likely N-dealkylation sites (tertiary alicyclic amines) is 1. The Morgan fingerprint density at radius 2 is 2.10 bits per heavy atom. The van der Waals surface area contributed by atoms with Crippen LogP contribution in [0.1, 0.15) is 36.6 Å². The van der Waals surface area contributed by atoms with Gasteiger partial charge in [-0.15, -0.1) is 0 Å². The van der Waals surface area contributed by atoms with Crippen LogP contribution in [-0.4, -0.2) is 27.5 Å². The average molecular weight is 281 g/mol. The molecule has 0 bridgehead atoms. The molecule has 4 heteroatoms. The van der Waals surface area contributed by atoms with Crippen LogP contribution >= 0.6 is 0 Å². The van der Waals surface area contributed by atoms with Gasteiger partial charge in [0.25, 0.3) is 0 Å². The molecule has 0 aliphatic carbocycles. The molecular weight excluding hydrogens is 262 g/mol. The highest BCUT2D eigenvalue weighted by atomic mass is 16.2. The quantitative estimate of drug-likeness (QED) is 0.878. The first-order valence-corrected chi connectivity index (χ1v) is 7.37. The van der Waals surface area contributed by atoms with E-state index in [0.29, 0.717) is 0 Å². The Labute approximate surface area is 124 Å². The van der Waals surface area contributed by atoms with Crippen molar-refractivity contribution in [2.24, 2.45) is 0 Å². The van der Waals surface area contributed by atoms with E-state index in [1.807, 2.05) is 47.4 Å². The summed E-state index contributed by atoms with van der Waals surface area (Å²) in [5.74, 6) is 0.0677. The first-order chi connectivity index (χ1) is 10.3. The van der Waals surface area contributed by atoms with E-state index < -0.39 is 0 Å². The summed E-state index contributed by atoms with van der Waals surface area (Å²) < 4.78 is 0. The number of hydrogen-bond acceptors (Lipinski definition) is 2. The van der Waals surface area contributed by atoms with Gasteiger partial charge in [0, 0.05) is 18.8 Å². The summed E-state index contributed by atoms with van der Waals surface area (Å²) in [5, 5.41) is 7.00. The Kier molecular flexibility index (Phi) is 4.15. The largest absolute Gasteiger partial charge is 0.331 e. The summed E-state index contributed by atoms with van der Waals surface area (Å²) in [6.45, 7) is 0.807. The van der Waals surface area contributed by atoms with E-state index in [1.165, 1.54) is 0 Å². The van der Waals surface area contributed by atoms with Gasteiger partial charge in [-0.05, 0) is 37.0 Å². The van der Waals surface area contributed by atoms with Crippen molar-refractivity contribution in [3.8, 4) is 0 Å². The van der Waals surface area contributed by atoms with E-state index in [1.54, 1.807) is 12.3 Å². The molecule has 1 aromatic carbocycles. The minimum atomic E-state index is 0.0677. The van der Waals surface area contributed by atoms with Crippen LogP contribution in [0.5, 0.6) is 0 Å². The van der Waals surface area contributed by atoms with Gasteiger partial charge in [0.05, 0.1) is 11.7 Å². The molecule has 1 aromatic heterocycles. The van der Waals surface area contributed by atoms with Crippen LogP contribution in [0.25, 0.3) is 6.08 Å². The van der Waals surface area contributed by atoms with Gasteiger partial charge >= 0.3 is 0 Å². The predicted molar refractivity (Wildman–Crippen MR) is 82.4 cm³/mol. The van der Waals surface area contributed by atoms with E-state index in [-0.39, 0.29) is 11.9 Å². The highest BCUT2D eigenvalue weighted by molar-refractivity contribution is 5.92. The number of rotatable bonds is 3. The number of piperidine rings is 1. The Morgan fingerprint density at radius 3 is 2.86 bits per heavy atom. The second-order valence-electron chi connectivity index (χ2n) is 5.30. The van der Waals surface area contributed by atoms with Crippen LogP contribution in [-0.2, 0) is 4.79 Å². The van der Waals surface area contributed by atoms with Crippen LogP contribution in [0.15, 0.2) is 48.7 Å². The molecule has 4 nitrogen and oxygen atoms in total. The first kappa shape index (κ1) is 13.6. The molecule has 1 aliphatic rings.